The maximum absolute atomic E-state index is 13.5. The van der Waals surface area contributed by atoms with Crippen LogP contribution in [0.15, 0.2) is 29.4 Å². The third-order valence-electron chi connectivity index (χ3n) is 2.60. The minimum Gasteiger partial charge on any atom is -0.272 e. The van der Waals surface area contributed by atoms with E-state index < -0.39 is 35.0 Å². The summed E-state index contributed by atoms with van der Waals surface area (Å²) in [6.45, 7) is 1.36. The molecule has 21 heavy (non-hydrogen) atoms. The van der Waals surface area contributed by atoms with Gasteiger partial charge in [0, 0.05) is 5.56 Å². The Balaban J connectivity index is 2.36. The van der Waals surface area contributed by atoms with Crippen LogP contribution in [0.5, 0.6) is 0 Å². The summed E-state index contributed by atoms with van der Waals surface area (Å²) in [5.74, 6) is -7.67. The summed E-state index contributed by atoms with van der Waals surface area (Å²) in [6.07, 6.45) is 0. The van der Waals surface area contributed by atoms with Crippen molar-refractivity contribution >= 4 is 11.4 Å². The summed E-state index contributed by atoms with van der Waals surface area (Å²) in [5, 5.41) is 3.51. The third kappa shape index (κ3) is 2.99. The molecular weight excluding hydrogens is 293 g/mol. The number of aromatic nitrogens is 1. The van der Waals surface area contributed by atoms with Gasteiger partial charge in [-0.1, -0.05) is 18.2 Å². The Kier molecular flexibility index (Phi) is 4.15. The Morgan fingerprint density at radius 1 is 1.00 bits per heavy atom. The lowest BCUT2D eigenvalue weighted by Crippen LogP contribution is -2.08. The normalized spacial score (nSPS) is 11.6. The predicted octanol–water partition coefficient (Wildman–Crippen LogP) is 3.61. The molecule has 0 saturated heterocycles. The molecule has 0 bridgehead atoms. The van der Waals surface area contributed by atoms with Gasteiger partial charge in [0.25, 0.3) is 11.9 Å². The summed E-state index contributed by atoms with van der Waals surface area (Å²) in [7, 11) is 0. The van der Waals surface area contributed by atoms with Crippen LogP contribution in [0.3, 0.4) is 0 Å². The van der Waals surface area contributed by atoms with Crippen LogP contribution in [0.25, 0.3) is 0 Å². The number of hydrazone groups is 1. The number of nitrogens with zero attached hydrogens (tertiary/aromatic N) is 2. The van der Waals surface area contributed by atoms with Gasteiger partial charge in [0.1, 0.15) is 11.5 Å². The van der Waals surface area contributed by atoms with Crippen molar-refractivity contribution in [2.75, 3.05) is 5.43 Å². The van der Waals surface area contributed by atoms with E-state index in [1.54, 1.807) is 0 Å². The summed E-state index contributed by atoms with van der Waals surface area (Å²) < 4.78 is 65.9. The van der Waals surface area contributed by atoms with Gasteiger partial charge in [0.05, 0.1) is 5.71 Å². The highest BCUT2D eigenvalue weighted by Gasteiger charge is 2.20. The average molecular weight is 301 g/mol. The Bertz CT molecular complexity index is 689. The molecule has 1 aromatic carbocycles. The van der Waals surface area contributed by atoms with E-state index in [0.717, 1.165) is 0 Å². The van der Waals surface area contributed by atoms with Gasteiger partial charge in [-0.15, -0.1) is 0 Å². The molecule has 0 aliphatic heterocycles. The van der Waals surface area contributed by atoms with Gasteiger partial charge in [-0.3, -0.25) is 5.43 Å². The molecule has 8 heteroatoms. The van der Waals surface area contributed by atoms with E-state index in [0.29, 0.717) is 0 Å². The zero-order valence-electron chi connectivity index (χ0n) is 10.6. The molecule has 0 amide bonds. The number of anilines is 1. The molecule has 0 fully saturated rings. The zero-order valence-corrected chi connectivity index (χ0v) is 10.6. The Morgan fingerprint density at radius 2 is 1.57 bits per heavy atom. The van der Waals surface area contributed by atoms with Crippen molar-refractivity contribution in [1.29, 1.82) is 0 Å². The molecule has 1 heterocycles. The van der Waals surface area contributed by atoms with E-state index in [4.69, 9.17) is 0 Å². The monoisotopic (exact) mass is 301 g/mol. The van der Waals surface area contributed by atoms with Crippen molar-refractivity contribution in [2.24, 2.45) is 5.10 Å². The molecule has 0 aliphatic carbocycles. The average Bonchev–Trinajstić information content (AvgIpc) is 2.45. The van der Waals surface area contributed by atoms with E-state index in [9.17, 15) is 22.0 Å². The van der Waals surface area contributed by atoms with Gasteiger partial charge in [-0.2, -0.15) is 27.6 Å². The molecule has 0 spiro atoms. The summed E-state index contributed by atoms with van der Waals surface area (Å²) in [5.41, 5.74) is 0.799. The topological polar surface area (TPSA) is 37.3 Å². The van der Waals surface area contributed by atoms with Crippen molar-refractivity contribution in [3.05, 3.63) is 59.2 Å². The first-order chi connectivity index (χ1) is 9.91. The molecule has 0 aliphatic rings. The summed E-state index contributed by atoms with van der Waals surface area (Å²) in [4.78, 5) is 2.40. The molecule has 1 aromatic heterocycles. The molecule has 0 unspecified atom stereocenters. The van der Waals surface area contributed by atoms with Crippen molar-refractivity contribution < 1.29 is 22.0 Å². The van der Waals surface area contributed by atoms with Gasteiger partial charge >= 0.3 is 0 Å². The second kappa shape index (κ2) is 5.86. The smallest absolute Gasteiger partial charge is 0.254 e. The van der Waals surface area contributed by atoms with Gasteiger partial charge in [-0.25, -0.2) is 4.39 Å². The highest BCUT2D eigenvalue weighted by molar-refractivity contribution is 5.99. The van der Waals surface area contributed by atoms with Crippen molar-refractivity contribution in [3.63, 3.8) is 0 Å². The van der Waals surface area contributed by atoms with Gasteiger partial charge < -0.3 is 0 Å². The van der Waals surface area contributed by atoms with E-state index in [2.05, 4.69) is 10.1 Å². The molecule has 0 atom stereocenters. The van der Waals surface area contributed by atoms with E-state index in [1.165, 1.54) is 31.2 Å². The molecular formula is C13H8F5N3. The standard InChI is InChI=1S/C13H8F5N3/c1-6(7-4-2-3-5-8(7)14)20-21-11-9(15)12(17)19-13(18)10(11)16/h2-5H,1H3,(H,19,21)/b20-6-. The molecule has 0 radical (unpaired) electrons. The van der Waals surface area contributed by atoms with Gasteiger partial charge in [-0.05, 0) is 13.0 Å². The van der Waals surface area contributed by atoms with Crippen LogP contribution in [-0.2, 0) is 0 Å². The van der Waals surface area contributed by atoms with E-state index in [-0.39, 0.29) is 11.3 Å². The largest absolute Gasteiger partial charge is 0.272 e. The first-order valence-electron chi connectivity index (χ1n) is 5.67. The summed E-state index contributed by atoms with van der Waals surface area (Å²) in [6, 6.07) is 5.54. The van der Waals surface area contributed by atoms with E-state index in [1.807, 2.05) is 5.43 Å². The number of benzene rings is 1. The lowest BCUT2D eigenvalue weighted by molar-refractivity contribution is 0.411. The quantitative estimate of drug-likeness (QED) is 0.407. The first kappa shape index (κ1) is 14.9. The van der Waals surface area contributed by atoms with Crippen LogP contribution in [0.2, 0.25) is 0 Å². The SMILES string of the molecule is C/C(=N/Nc1c(F)c(F)nc(F)c1F)c1ccccc1F. The number of pyridine rings is 1. The van der Waals surface area contributed by atoms with E-state index >= 15 is 0 Å². The molecule has 3 nitrogen and oxygen atoms in total. The third-order valence-corrected chi connectivity index (χ3v) is 2.60. The number of rotatable bonds is 3. The van der Waals surface area contributed by atoms with Gasteiger partial charge in [0.2, 0.25) is 11.6 Å². The van der Waals surface area contributed by atoms with Gasteiger partial charge in [0.15, 0.2) is 0 Å². The van der Waals surface area contributed by atoms with Crippen LogP contribution < -0.4 is 5.43 Å². The highest BCUT2D eigenvalue weighted by atomic mass is 19.2. The zero-order chi connectivity index (χ0) is 15.6. The summed E-state index contributed by atoms with van der Waals surface area (Å²) >= 11 is 0. The fraction of sp³-hybridized carbons (Fsp3) is 0.0769. The Morgan fingerprint density at radius 3 is 2.14 bits per heavy atom. The van der Waals surface area contributed by atoms with Crippen molar-refractivity contribution in [2.45, 2.75) is 6.92 Å². The maximum atomic E-state index is 13.5. The Hall–Kier alpha value is -2.51. The molecule has 2 aromatic rings. The lowest BCUT2D eigenvalue weighted by atomic mass is 10.1. The van der Waals surface area contributed by atoms with Crippen LogP contribution in [0.1, 0.15) is 12.5 Å². The maximum Gasteiger partial charge on any atom is 0.254 e. The minimum absolute atomic E-state index is 0.0320. The molecule has 1 N–H and O–H groups in total. The Labute approximate surface area is 116 Å². The van der Waals surface area contributed by atoms with Crippen LogP contribution >= 0.6 is 0 Å². The van der Waals surface area contributed by atoms with Crippen molar-refractivity contribution in [3.8, 4) is 0 Å². The second-order valence-electron chi connectivity index (χ2n) is 3.99. The highest BCUT2D eigenvalue weighted by Crippen LogP contribution is 2.22. The fourth-order valence-electron chi connectivity index (χ4n) is 1.54. The minimum atomic E-state index is -1.81. The molecule has 110 valence electrons. The van der Waals surface area contributed by atoms with Crippen molar-refractivity contribution in [1.82, 2.24) is 4.98 Å². The number of nitrogens with one attached hydrogen (secondary N) is 1. The lowest BCUT2D eigenvalue weighted by Gasteiger charge is -2.07. The fourth-order valence-corrected chi connectivity index (χ4v) is 1.54. The predicted molar refractivity (Wildman–Crippen MR) is 66.3 cm³/mol. The molecule has 0 saturated carbocycles. The first-order valence-corrected chi connectivity index (χ1v) is 5.67. The number of halogens is 5. The number of hydrogen-bond donors (Lipinski definition) is 1. The molecule has 2 rings (SSSR count). The van der Waals surface area contributed by atoms with Crippen LogP contribution in [-0.4, -0.2) is 10.7 Å². The number of hydrogen-bond acceptors (Lipinski definition) is 3. The van der Waals surface area contributed by atoms with Crippen LogP contribution in [0.4, 0.5) is 27.6 Å². The van der Waals surface area contributed by atoms with Crippen LogP contribution in [0, 0.1) is 29.3 Å². The second-order valence-corrected chi connectivity index (χ2v) is 3.99.